The van der Waals surface area contributed by atoms with Gasteiger partial charge in [0.25, 0.3) is 0 Å². The van der Waals surface area contributed by atoms with Crippen molar-refractivity contribution in [2.24, 2.45) is 29.6 Å². The van der Waals surface area contributed by atoms with Crippen LogP contribution in [0.15, 0.2) is 146 Å². The predicted molar refractivity (Wildman–Crippen MR) is 231 cm³/mol. The Balaban J connectivity index is 0.972. The van der Waals surface area contributed by atoms with Crippen LogP contribution in [0.1, 0.15) is 48.9 Å². The Kier molecular flexibility index (Phi) is 6.37. The molecule has 6 aromatic carbocycles. The number of allylic oxidation sites excluding steroid dienone is 1. The summed E-state index contributed by atoms with van der Waals surface area (Å²) in [5.41, 5.74) is 13.6. The van der Waals surface area contributed by atoms with Crippen molar-refractivity contribution in [3.05, 3.63) is 162 Å². The number of aromatic nitrogens is 1. The number of fused-ring (bicyclic) bond motifs is 6. The summed E-state index contributed by atoms with van der Waals surface area (Å²) in [6.45, 7) is 0. The minimum absolute atomic E-state index is 0.325. The van der Waals surface area contributed by atoms with Crippen LogP contribution < -0.4 is 4.90 Å². The van der Waals surface area contributed by atoms with E-state index in [1.165, 1.54) is 102 Å². The quantitative estimate of drug-likeness (QED) is 0.166. The van der Waals surface area contributed by atoms with Crippen LogP contribution >= 0.6 is 11.3 Å². The van der Waals surface area contributed by atoms with Gasteiger partial charge in [0.2, 0.25) is 0 Å². The van der Waals surface area contributed by atoms with Crippen LogP contribution in [0.2, 0.25) is 0 Å². The fraction of sp³-hybridized carbons (Fsp3) is 0.231. The highest BCUT2D eigenvalue weighted by atomic mass is 32.1. The molecule has 0 spiro atoms. The van der Waals surface area contributed by atoms with Crippen molar-refractivity contribution in [1.29, 1.82) is 0 Å². The minimum Gasteiger partial charge on any atom is -0.310 e. The van der Waals surface area contributed by atoms with Crippen molar-refractivity contribution in [2.75, 3.05) is 4.90 Å². The van der Waals surface area contributed by atoms with E-state index in [1.807, 2.05) is 11.3 Å². The Bertz CT molecular complexity index is 2890. The van der Waals surface area contributed by atoms with Gasteiger partial charge in [-0.2, -0.15) is 0 Å². The van der Waals surface area contributed by atoms with E-state index in [9.17, 15) is 0 Å². The van der Waals surface area contributed by atoms with Crippen LogP contribution in [-0.4, -0.2) is 4.57 Å². The van der Waals surface area contributed by atoms with Crippen LogP contribution in [-0.2, 0) is 11.8 Å². The largest absolute Gasteiger partial charge is 0.310 e. The zero-order valence-electron chi connectivity index (χ0n) is 30.9. The fourth-order valence-electron chi connectivity index (χ4n) is 12.9. The zero-order valence-corrected chi connectivity index (χ0v) is 31.7. The maximum Gasteiger partial charge on any atom is 0.0540 e. The first-order chi connectivity index (χ1) is 27.2. The van der Waals surface area contributed by atoms with Gasteiger partial charge in [-0.25, -0.2) is 0 Å². The first-order valence-corrected chi connectivity index (χ1v) is 21.3. The van der Waals surface area contributed by atoms with Crippen molar-refractivity contribution in [1.82, 2.24) is 4.57 Å². The van der Waals surface area contributed by atoms with Crippen molar-refractivity contribution in [2.45, 2.75) is 43.9 Å². The Morgan fingerprint density at radius 3 is 2.33 bits per heavy atom. The normalized spacial score (nSPS) is 25.6. The molecule has 3 heteroatoms. The van der Waals surface area contributed by atoms with Gasteiger partial charge >= 0.3 is 0 Å². The molecule has 0 radical (unpaired) electrons. The summed E-state index contributed by atoms with van der Waals surface area (Å²) in [6.07, 6.45) is 12.6. The maximum atomic E-state index is 2.60. The summed E-state index contributed by atoms with van der Waals surface area (Å²) in [5, 5.41) is 4.07. The van der Waals surface area contributed by atoms with E-state index < -0.39 is 0 Å². The van der Waals surface area contributed by atoms with Crippen LogP contribution in [0.3, 0.4) is 0 Å². The summed E-state index contributed by atoms with van der Waals surface area (Å²) >= 11 is 1.90. The molecular formula is C52H42N2S. The third-order valence-corrected chi connectivity index (χ3v) is 16.0. The fourth-order valence-corrected chi connectivity index (χ4v) is 14.0. The number of hydrogen-bond donors (Lipinski definition) is 0. The van der Waals surface area contributed by atoms with E-state index in [-0.39, 0.29) is 0 Å². The number of anilines is 3. The van der Waals surface area contributed by atoms with Crippen LogP contribution in [0.4, 0.5) is 17.1 Å². The second kappa shape index (κ2) is 11.3. The van der Waals surface area contributed by atoms with E-state index in [0.717, 1.165) is 42.4 Å². The van der Waals surface area contributed by atoms with E-state index in [1.54, 1.807) is 5.56 Å². The molecule has 55 heavy (non-hydrogen) atoms. The average Bonchev–Trinajstić information content (AvgIpc) is 3.88. The molecule has 0 aliphatic heterocycles. The van der Waals surface area contributed by atoms with Gasteiger partial charge in [-0.1, -0.05) is 91.0 Å². The van der Waals surface area contributed by atoms with Crippen molar-refractivity contribution < 1.29 is 0 Å². The highest BCUT2D eigenvalue weighted by molar-refractivity contribution is 7.25. The highest BCUT2D eigenvalue weighted by Gasteiger charge is 2.73. The van der Waals surface area contributed by atoms with Gasteiger partial charge in [-0.3, -0.25) is 0 Å². The van der Waals surface area contributed by atoms with Crippen LogP contribution in [0, 0.1) is 29.6 Å². The summed E-state index contributed by atoms with van der Waals surface area (Å²) in [4.78, 5) is 2.60. The smallest absolute Gasteiger partial charge is 0.0540 e. The molecule has 5 aliphatic rings. The number of thiophene rings is 1. The van der Waals surface area contributed by atoms with Gasteiger partial charge in [0, 0.05) is 59.3 Å². The number of nitrogens with zero attached hydrogens (tertiary/aromatic N) is 2. The molecular weight excluding hydrogens is 685 g/mol. The van der Waals surface area contributed by atoms with Crippen molar-refractivity contribution in [3.8, 4) is 16.8 Å². The molecule has 13 rings (SSSR count). The minimum atomic E-state index is 0.325. The highest BCUT2D eigenvalue weighted by Crippen LogP contribution is 2.79. The van der Waals surface area contributed by atoms with E-state index in [4.69, 9.17) is 0 Å². The molecule has 2 nitrogen and oxygen atoms in total. The lowest BCUT2D eigenvalue weighted by atomic mass is 9.53. The Morgan fingerprint density at radius 1 is 0.636 bits per heavy atom. The molecule has 6 atom stereocenters. The van der Waals surface area contributed by atoms with Crippen molar-refractivity contribution >= 4 is 65.6 Å². The second-order valence-corrected chi connectivity index (χ2v) is 18.4. The van der Waals surface area contributed by atoms with Crippen molar-refractivity contribution in [3.63, 3.8) is 0 Å². The average molecular weight is 727 g/mol. The van der Waals surface area contributed by atoms with Gasteiger partial charge in [0.15, 0.2) is 0 Å². The van der Waals surface area contributed by atoms with E-state index >= 15 is 0 Å². The molecule has 2 heterocycles. The number of rotatable bonds is 6. The Morgan fingerprint density at radius 2 is 1.38 bits per heavy atom. The molecule has 0 saturated heterocycles. The first-order valence-electron chi connectivity index (χ1n) is 20.5. The summed E-state index contributed by atoms with van der Waals surface area (Å²) in [6, 6.07) is 53.1. The summed E-state index contributed by atoms with van der Waals surface area (Å²) < 4.78 is 5.21. The van der Waals surface area contributed by atoms with E-state index in [0.29, 0.717) is 5.41 Å². The number of benzene rings is 6. The number of para-hydroxylation sites is 3. The molecule has 0 N–H and O–H groups in total. The van der Waals surface area contributed by atoms with Gasteiger partial charge in [0.05, 0.1) is 11.2 Å². The molecule has 0 bridgehead atoms. The molecule has 4 fully saturated rings. The van der Waals surface area contributed by atoms with Gasteiger partial charge in [-0.05, 0) is 145 Å². The molecule has 266 valence electrons. The molecule has 0 amide bonds. The first kappa shape index (κ1) is 30.9. The van der Waals surface area contributed by atoms with Crippen LogP contribution in [0.25, 0.3) is 54.0 Å². The van der Waals surface area contributed by atoms with Gasteiger partial charge in [0.1, 0.15) is 0 Å². The lowest BCUT2D eigenvalue weighted by Gasteiger charge is -2.52. The lowest BCUT2D eigenvalue weighted by molar-refractivity contribution is 0.0688. The Hall–Kier alpha value is -5.38. The lowest BCUT2D eigenvalue weighted by Crippen LogP contribution is -2.47. The third-order valence-electron chi connectivity index (χ3n) is 14.9. The van der Waals surface area contributed by atoms with E-state index in [2.05, 4.69) is 161 Å². The Labute approximate surface area is 326 Å². The number of aryl methyl sites for hydroxylation is 1. The van der Waals surface area contributed by atoms with Gasteiger partial charge in [-0.15, -0.1) is 11.3 Å². The molecule has 3 unspecified atom stereocenters. The second-order valence-electron chi connectivity index (χ2n) is 17.3. The van der Waals surface area contributed by atoms with Gasteiger partial charge < -0.3 is 9.47 Å². The SMILES string of the molecule is C1=Cc2c(c3ccccc3n2-c2ccccc2-c2ccc(N(c3ccc4sc5ccccc5c4c3)c3ccccc3[C@]34CC5C[C@@H]6CC(C3)[C@H]6C54)cc2)CC1. The predicted octanol–water partition coefficient (Wildman–Crippen LogP) is 14.0. The molecule has 2 aromatic heterocycles. The maximum absolute atomic E-state index is 2.60. The monoisotopic (exact) mass is 726 g/mol. The number of hydrogen-bond acceptors (Lipinski definition) is 2. The standard InChI is InChI=1S/C52H42N2S/c1-6-16-44(54-45-17-7-2-12-39(45)40-13-3-8-18-46(40)54)38(11-1)32-21-23-36(24-22-32)53(37-25-26-49-42(29-37)41-14-4-10-20-48(41)55-49)47-19-9-5-15-43(47)52-30-34-27-33-28-35(31-52)51(52)50(33)34/h1-2,4-12,14-26,29,33-35,50-51H,3,13,27-28,30-31H2/t33-,34?,35?,50-,51?,52+/m0/s1. The topological polar surface area (TPSA) is 8.17 Å². The third kappa shape index (κ3) is 4.20. The molecule has 8 aromatic rings. The van der Waals surface area contributed by atoms with Crippen LogP contribution in [0.5, 0.6) is 0 Å². The molecule has 4 saturated carbocycles. The summed E-state index contributed by atoms with van der Waals surface area (Å²) in [7, 11) is 0. The summed E-state index contributed by atoms with van der Waals surface area (Å²) in [5.74, 6) is 4.74. The molecule has 5 aliphatic carbocycles. The zero-order chi connectivity index (χ0) is 35.8.